The predicted octanol–water partition coefficient (Wildman–Crippen LogP) is -1.63. The van der Waals surface area contributed by atoms with Gasteiger partial charge in [-0.2, -0.15) is 0 Å². The molecule has 0 spiro atoms. The Morgan fingerprint density at radius 3 is 2.83 bits per heavy atom. The fourth-order valence-corrected chi connectivity index (χ4v) is 1.07. The topological polar surface area (TPSA) is 78.4 Å². The molecule has 0 bridgehead atoms. The third-order valence-electron chi connectivity index (χ3n) is 1.69. The number of aliphatic hydroxyl groups excluding tert-OH is 1. The molecule has 0 radical (unpaired) electrons. The average Bonchev–Trinajstić information content (AvgIpc) is 2.31. The normalized spacial score (nSPS) is 22.9. The first-order valence-corrected chi connectivity index (χ1v) is 3.92. The number of rotatable bonds is 4. The van der Waals surface area contributed by atoms with Crippen LogP contribution in [-0.4, -0.2) is 36.1 Å². The third-order valence-corrected chi connectivity index (χ3v) is 1.69. The van der Waals surface area contributed by atoms with Gasteiger partial charge in [0.25, 0.3) is 0 Å². The minimum Gasteiger partial charge on any atom is -0.396 e. The molecule has 3 N–H and O–H groups in total. The summed E-state index contributed by atoms with van der Waals surface area (Å²) in [6, 6.07) is -0.399. The second kappa shape index (κ2) is 4.18. The van der Waals surface area contributed by atoms with E-state index in [-0.39, 0.29) is 24.8 Å². The first-order valence-electron chi connectivity index (χ1n) is 3.92. The van der Waals surface area contributed by atoms with Crippen LogP contribution in [0.25, 0.3) is 0 Å². The van der Waals surface area contributed by atoms with Gasteiger partial charge < -0.3 is 10.4 Å². The molecule has 1 saturated heterocycles. The number of carbonyl (C=O) groups excluding carboxylic acids is 2. The number of nitrogens with one attached hydrogen (secondary N) is 2. The molecule has 2 amide bonds. The highest BCUT2D eigenvalue weighted by molar-refractivity contribution is 6.05. The fourth-order valence-electron chi connectivity index (χ4n) is 1.07. The smallest absolute Gasteiger partial charge is 0.244 e. The van der Waals surface area contributed by atoms with Gasteiger partial charge in [-0.1, -0.05) is 0 Å². The van der Waals surface area contributed by atoms with Crippen molar-refractivity contribution in [1.29, 1.82) is 0 Å². The monoisotopic (exact) mass is 172 g/mol. The minimum absolute atomic E-state index is 0.0925. The fraction of sp³-hybridized carbons (Fsp3) is 0.714. The summed E-state index contributed by atoms with van der Waals surface area (Å²) in [5.74, 6) is -0.501. The Morgan fingerprint density at radius 2 is 2.33 bits per heavy atom. The van der Waals surface area contributed by atoms with Crippen molar-refractivity contribution in [2.75, 3.05) is 13.2 Å². The van der Waals surface area contributed by atoms with E-state index in [0.29, 0.717) is 13.0 Å². The second-order valence-corrected chi connectivity index (χ2v) is 2.70. The molecule has 12 heavy (non-hydrogen) atoms. The Morgan fingerprint density at radius 1 is 1.58 bits per heavy atom. The number of hydrogen-bond acceptors (Lipinski definition) is 4. The number of imide groups is 1. The van der Waals surface area contributed by atoms with Gasteiger partial charge in [0.1, 0.15) is 0 Å². The van der Waals surface area contributed by atoms with Gasteiger partial charge in [0.15, 0.2) is 0 Å². The molecule has 1 fully saturated rings. The van der Waals surface area contributed by atoms with Gasteiger partial charge in [-0.25, -0.2) is 0 Å². The van der Waals surface area contributed by atoms with E-state index in [4.69, 9.17) is 5.11 Å². The highest BCUT2D eigenvalue weighted by Crippen LogP contribution is 2.00. The van der Waals surface area contributed by atoms with E-state index < -0.39 is 6.04 Å². The van der Waals surface area contributed by atoms with Crippen molar-refractivity contribution in [3.05, 3.63) is 0 Å². The Kier molecular flexibility index (Phi) is 3.19. The van der Waals surface area contributed by atoms with E-state index in [9.17, 15) is 9.59 Å². The van der Waals surface area contributed by atoms with Crippen LogP contribution in [0.3, 0.4) is 0 Å². The van der Waals surface area contributed by atoms with Crippen LogP contribution in [0.15, 0.2) is 0 Å². The first-order chi connectivity index (χ1) is 5.74. The number of aliphatic hydroxyl groups is 1. The Hall–Kier alpha value is -0.940. The molecule has 1 aliphatic heterocycles. The van der Waals surface area contributed by atoms with E-state index in [2.05, 4.69) is 10.6 Å². The molecule has 1 heterocycles. The van der Waals surface area contributed by atoms with E-state index in [1.54, 1.807) is 0 Å². The summed E-state index contributed by atoms with van der Waals surface area (Å²) in [7, 11) is 0. The lowest BCUT2D eigenvalue weighted by Gasteiger charge is -2.06. The number of amides is 2. The lowest BCUT2D eigenvalue weighted by atomic mass is 10.2. The molecule has 0 aromatic carbocycles. The predicted molar refractivity (Wildman–Crippen MR) is 41.3 cm³/mol. The Balaban J connectivity index is 2.24. The largest absolute Gasteiger partial charge is 0.396 e. The van der Waals surface area contributed by atoms with E-state index in [1.807, 2.05) is 0 Å². The van der Waals surface area contributed by atoms with Gasteiger partial charge in [-0.15, -0.1) is 0 Å². The van der Waals surface area contributed by atoms with Crippen molar-refractivity contribution >= 4 is 11.8 Å². The zero-order valence-electron chi connectivity index (χ0n) is 6.67. The molecule has 1 atom stereocenters. The van der Waals surface area contributed by atoms with Gasteiger partial charge >= 0.3 is 0 Å². The molecule has 5 heteroatoms. The first kappa shape index (κ1) is 9.15. The number of carbonyl (C=O) groups is 2. The van der Waals surface area contributed by atoms with Gasteiger partial charge in [0, 0.05) is 6.61 Å². The maximum atomic E-state index is 10.9. The molecule has 0 aromatic heterocycles. The van der Waals surface area contributed by atoms with Crippen LogP contribution in [0.4, 0.5) is 0 Å². The lowest BCUT2D eigenvalue weighted by Crippen LogP contribution is -2.36. The van der Waals surface area contributed by atoms with Gasteiger partial charge in [-0.05, 0) is 13.0 Å². The molecular weight excluding hydrogens is 160 g/mol. The second-order valence-electron chi connectivity index (χ2n) is 2.70. The molecule has 1 aliphatic rings. The van der Waals surface area contributed by atoms with Crippen LogP contribution >= 0.6 is 0 Å². The molecule has 1 rings (SSSR count). The quantitative estimate of drug-likeness (QED) is 0.351. The van der Waals surface area contributed by atoms with Crippen LogP contribution in [0.5, 0.6) is 0 Å². The third kappa shape index (κ3) is 2.28. The standard InChI is InChI=1S/C7H12N2O3/c10-3-1-2-8-5-4-6(11)9-7(5)12/h5,8,10H,1-4H2,(H,9,11,12). The summed E-state index contributed by atoms with van der Waals surface area (Å²) in [5.41, 5.74) is 0. The maximum absolute atomic E-state index is 10.9. The number of hydrogen-bond donors (Lipinski definition) is 3. The van der Waals surface area contributed by atoms with Crippen molar-refractivity contribution in [3.63, 3.8) is 0 Å². The molecule has 1 unspecified atom stereocenters. The summed E-state index contributed by atoms with van der Waals surface area (Å²) in [6.45, 7) is 0.650. The minimum atomic E-state index is -0.399. The molecule has 0 aliphatic carbocycles. The zero-order valence-corrected chi connectivity index (χ0v) is 6.67. The summed E-state index contributed by atoms with van der Waals surface area (Å²) < 4.78 is 0. The zero-order chi connectivity index (χ0) is 8.97. The molecule has 5 nitrogen and oxygen atoms in total. The Labute approximate surface area is 70.1 Å². The van der Waals surface area contributed by atoms with E-state index >= 15 is 0 Å². The molecule has 0 saturated carbocycles. The van der Waals surface area contributed by atoms with Crippen molar-refractivity contribution in [3.8, 4) is 0 Å². The van der Waals surface area contributed by atoms with Crippen LogP contribution in [0.2, 0.25) is 0 Å². The highest BCUT2D eigenvalue weighted by atomic mass is 16.3. The van der Waals surface area contributed by atoms with Crippen LogP contribution in [-0.2, 0) is 9.59 Å². The molecule has 68 valence electrons. The van der Waals surface area contributed by atoms with Crippen molar-refractivity contribution in [2.45, 2.75) is 18.9 Å². The summed E-state index contributed by atoms with van der Waals surface area (Å²) >= 11 is 0. The highest BCUT2D eigenvalue weighted by Gasteiger charge is 2.29. The van der Waals surface area contributed by atoms with E-state index in [1.165, 1.54) is 0 Å². The summed E-state index contributed by atoms with van der Waals surface area (Å²) in [6.07, 6.45) is 0.808. The van der Waals surface area contributed by atoms with Crippen molar-refractivity contribution < 1.29 is 14.7 Å². The lowest BCUT2D eigenvalue weighted by molar-refractivity contribution is -0.125. The van der Waals surface area contributed by atoms with Gasteiger partial charge in [0.2, 0.25) is 11.8 Å². The van der Waals surface area contributed by atoms with Crippen LogP contribution in [0, 0.1) is 0 Å². The van der Waals surface area contributed by atoms with Crippen LogP contribution < -0.4 is 10.6 Å². The average molecular weight is 172 g/mol. The van der Waals surface area contributed by atoms with Crippen molar-refractivity contribution in [1.82, 2.24) is 10.6 Å². The van der Waals surface area contributed by atoms with E-state index in [0.717, 1.165) is 0 Å². The maximum Gasteiger partial charge on any atom is 0.244 e. The Bertz CT molecular complexity index is 193. The van der Waals surface area contributed by atoms with Crippen molar-refractivity contribution in [2.24, 2.45) is 0 Å². The summed E-state index contributed by atoms with van der Waals surface area (Å²) in [4.78, 5) is 21.6. The van der Waals surface area contributed by atoms with Gasteiger partial charge in [0.05, 0.1) is 12.5 Å². The SMILES string of the molecule is O=C1CC(NCCCO)C(=O)N1. The molecule has 0 aromatic rings. The van der Waals surface area contributed by atoms with Gasteiger partial charge in [-0.3, -0.25) is 14.9 Å². The summed E-state index contributed by atoms with van der Waals surface area (Å²) in [5, 5.41) is 13.5. The molecular formula is C7H12N2O3. The van der Waals surface area contributed by atoms with Crippen LogP contribution in [0.1, 0.15) is 12.8 Å².